The van der Waals surface area contributed by atoms with Crippen LogP contribution in [0.15, 0.2) is 0 Å². The van der Waals surface area contributed by atoms with Gasteiger partial charge >= 0.3 is 0 Å². The largest absolute Gasteiger partial charge is 0.379 e. The third kappa shape index (κ3) is 6.49. The third-order valence-corrected chi connectivity index (χ3v) is 6.46. The maximum atomic E-state index is 13.3. The van der Waals surface area contributed by atoms with Gasteiger partial charge in [-0.1, -0.05) is 27.2 Å². The summed E-state index contributed by atoms with van der Waals surface area (Å²) in [6.07, 6.45) is 2.90. The van der Waals surface area contributed by atoms with Crippen LogP contribution in [0.1, 0.15) is 46.5 Å². The Bertz CT molecular complexity index is 559. The van der Waals surface area contributed by atoms with Gasteiger partial charge in [-0.15, -0.1) is 0 Å². The van der Waals surface area contributed by atoms with Crippen molar-refractivity contribution in [1.82, 2.24) is 15.1 Å². The number of hydrogen-bond acceptors (Lipinski definition) is 6. The van der Waals surface area contributed by atoms with Gasteiger partial charge in [0, 0.05) is 33.7 Å². The molecule has 0 aromatic rings. The molecule has 1 saturated heterocycles. The molecular formula is C22H41N3O5. The summed E-state index contributed by atoms with van der Waals surface area (Å²) >= 11 is 0. The predicted molar refractivity (Wildman–Crippen MR) is 116 cm³/mol. The number of carbonyl (C=O) groups excluding carboxylic acids is 3. The van der Waals surface area contributed by atoms with E-state index < -0.39 is 6.10 Å². The average Bonchev–Trinajstić information content (AvgIpc) is 3.22. The highest BCUT2D eigenvalue weighted by Gasteiger charge is 2.40. The van der Waals surface area contributed by atoms with E-state index in [0.717, 1.165) is 25.5 Å². The minimum absolute atomic E-state index is 0.0210. The Morgan fingerprint density at radius 1 is 1.27 bits per heavy atom. The van der Waals surface area contributed by atoms with Crippen LogP contribution in [0.25, 0.3) is 0 Å². The standard InChI is InChI=1S/C22H41N3O5/c1-8-15(2)21(24(5)20(28)13-23-4)18(29-6)12-19(27)25-11-9-10-17(25)22(30-7)16(3)14-26/h14-18,21-23H,8-13H2,1-7H3/t15?,16?,17-,18?,21?,22?/m0/s1. The van der Waals surface area contributed by atoms with Crippen molar-refractivity contribution in [2.45, 2.75) is 70.7 Å². The summed E-state index contributed by atoms with van der Waals surface area (Å²) < 4.78 is 11.3. The number of carbonyl (C=O) groups is 3. The molecule has 2 amide bonds. The molecule has 1 fully saturated rings. The fraction of sp³-hybridized carbons (Fsp3) is 0.864. The lowest BCUT2D eigenvalue weighted by Gasteiger charge is -2.39. The quantitative estimate of drug-likeness (QED) is 0.446. The maximum absolute atomic E-state index is 13.3. The van der Waals surface area contributed by atoms with Crippen LogP contribution in [0.5, 0.6) is 0 Å². The van der Waals surface area contributed by atoms with Gasteiger partial charge in [-0.05, 0) is 25.8 Å². The summed E-state index contributed by atoms with van der Waals surface area (Å²) in [6, 6.07) is -0.330. The number of nitrogens with zero attached hydrogens (tertiary/aromatic N) is 2. The molecule has 1 rings (SSSR count). The van der Waals surface area contributed by atoms with Crippen LogP contribution in [-0.2, 0) is 23.9 Å². The van der Waals surface area contributed by atoms with Gasteiger partial charge in [0.25, 0.3) is 0 Å². The average molecular weight is 428 g/mol. The molecular weight excluding hydrogens is 386 g/mol. The third-order valence-electron chi connectivity index (χ3n) is 6.46. The van der Waals surface area contributed by atoms with Crippen molar-refractivity contribution in [1.29, 1.82) is 0 Å². The molecule has 1 heterocycles. The number of nitrogens with one attached hydrogen (secondary N) is 1. The minimum Gasteiger partial charge on any atom is -0.379 e. The highest BCUT2D eigenvalue weighted by Crippen LogP contribution is 2.28. The van der Waals surface area contributed by atoms with Gasteiger partial charge in [0.15, 0.2) is 0 Å². The fourth-order valence-electron chi connectivity index (χ4n) is 4.56. The number of hydrogen-bond donors (Lipinski definition) is 1. The van der Waals surface area contributed by atoms with Gasteiger partial charge in [-0.25, -0.2) is 0 Å². The normalized spacial score (nSPS) is 21.6. The van der Waals surface area contributed by atoms with Gasteiger partial charge in [0.1, 0.15) is 6.29 Å². The summed E-state index contributed by atoms with van der Waals surface area (Å²) in [5.41, 5.74) is 0. The second-order valence-electron chi connectivity index (χ2n) is 8.38. The van der Waals surface area contributed by atoms with Crippen LogP contribution >= 0.6 is 0 Å². The van der Waals surface area contributed by atoms with E-state index in [1.165, 1.54) is 0 Å². The summed E-state index contributed by atoms with van der Waals surface area (Å²) in [5, 5.41) is 2.89. The molecule has 5 unspecified atom stereocenters. The van der Waals surface area contributed by atoms with Crippen LogP contribution < -0.4 is 5.32 Å². The number of likely N-dealkylation sites (N-methyl/N-ethyl adjacent to an activating group) is 2. The van der Waals surface area contributed by atoms with E-state index >= 15 is 0 Å². The Hall–Kier alpha value is -1.51. The van der Waals surface area contributed by atoms with E-state index in [1.807, 2.05) is 11.8 Å². The Labute approximate surface area is 181 Å². The van der Waals surface area contributed by atoms with E-state index in [2.05, 4.69) is 19.2 Å². The Morgan fingerprint density at radius 2 is 1.93 bits per heavy atom. The molecule has 6 atom stereocenters. The molecule has 174 valence electrons. The van der Waals surface area contributed by atoms with Crippen molar-refractivity contribution in [3.63, 3.8) is 0 Å². The highest BCUT2D eigenvalue weighted by molar-refractivity contribution is 5.79. The number of amides is 2. The molecule has 1 aliphatic heterocycles. The summed E-state index contributed by atoms with van der Waals surface area (Å²) in [7, 11) is 6.70. The smallest absolute Gasteiger partial charge is 0.236 e. The monoisotopic (exact) mass is 427 g/mol. The van der Waals surface area contributed by atoms with Gasteiger partial charge in [-0.3, -0.25) is 9.59 Å². The maximum Gasteiger partial charge on any atom is 0.236 e. The number of likely N-dealkylation sites (tertiary alicyclic amines) is 1. The molecule has 0 aromatic heterocycles. The van der Waals surface area contributed by atoms with Crippen LogP contribution in [0.3, 0.4) is 0 Å². The molecule has 0 radical (unpaired) electrons. The fourth-order valence-corrected chi connectivity index (χ4v) is 4.56. The zero-order valence-corrected chi connectivity index (χ0v) is 19.7. The second-order valence-corrected chi connectivity index (χ2v) is 8.38. The van der Waals surface area contributed by atoms with Crippen LogP contribution in [0.4, 0.5) is 0 Å². The molecule has 0 aliphatic carbocycles. The topological polar surface area (TPSA) is 88.2 Å². The predicted octanol–water partition coefficient (Wildman–Crippen LogP) is 1.33. The molecule has 0 aromatic carbocycles. The zero-order valence-electron chi connectivity index (χ0n) is 19.7. The first-order chi connectivity index (χ1) is 14.3. The molecule has 0 saturated carbocycles. The Balaban J connectivity index is 3.02. The van der Waals surface area contributed by atoms with Crippen LogP contribution in [0, 0.1) is 11.8 Å². The molecule has 1 aliphatic rings. The SMILES string of the molecule is CCC(C)C(C(CC(=O)N1CCC[C@H]1C(OC)C(C)C=O)OC)N(C)C(=O)CNC. The van der Waals surface area contributed by atoms with Crippen molar-refractivity contribution >= 4 is 18.1 Å². The number of aldehydes is 1. The lowest BCUT2D eigenvalue weighted by atomic mass is 9.90. The summed E-state index contributed by atoms with van der Waals surface area (Å²) in [6.45, 7) is 6.86. The molecule has 8 heteroatoms. The number of rotatable bonds is 13. The summed E-state index contributed by atoms with van der Waals surface area (Å²) in [5.74, 6) is -0.169. The van der Waals surface area contributed by atoms with Gasteiger partial charge < -0.3 is 29.4 Å². The van der Waals surface area contributed by atoms with Gasteiger partial charge in [-0.2, -0.15) is 0 Å². The molecule has 0 spiro atoms. The first-order valence-corrected chi connectivity index (χ1v) is 11.0. The van der Waals surface area contributed by atoms with E-state index in [1.54, 1.807) is 33.2 Å². The van der Waals surface area contributed by atoms with Crippen LogP contribution in [0.2, 0.25) is 0 Å². The molecule has 1 N–H and O–H groups in total. The molecule has 30 heavy (non-hydrogen) atoms. The van der Waals surface area contributed by atoms with E-state index in [4.69, 9.17) is 9.47 Å². The van der Waals surface area contributed by atoms with E-state index in [9.17, 15) is 14.4 Å². The van der Waals surface area contributed by atoms with Gasteiger partial charge in [0.2, 0.25) is 11.8 Å². The van der Waals surface area contributed by atoms with E-state index in [-0.39, 0.29) is 54.8 Å². The van der Waals surface area contributed by atoms with Crippen LogP contribution in [-0.4, -0.2) is 93.6 Å². The number of ether oxygens (including phenoxy) is 2. The number of methoxy groups -OCH3 is 2. The lowest BCUT2D eigenvalue weighted by molar-refractivity contribution is -0.144. The van der Waals surface area contributed by atoms with Crippen molar-refractivity contribution in [2.24, 2.45) is 11.8 Å². The van der Waals surface area contributed by atoms with Crippen molar-refractivity contribution in [3.8, 4) is 0 Å². The second kappa shape index (κ2) is 13.0. The van der Waals surface area contributed by atoms with Crippen molar-refractivity contribution in [3.05, 3.63) is 0 Å². The van der Waals surface area contributed by atoms with E-state index in [0.29, 0.717) is 6.54 Å². The zero-order chi connectivity index (χ0) is 22.8. The lowest BCUT2D eigenvalue weighted by Crippen LogP contribution is -2.53. The first kappa shape index (κ1) is 26.5. The Kier molecular flexibility index (Phi) is 11.5. The van der Waals surface area contributed by atoms with Crippen molar-refractivity contribution in [2.75, 3.05) is 41.4 Å². The summed E-state index contributed by atoms with van der Waals surface area (Å²) in [4.78, 5) is 40.6. The molecule has 8 nitrogen and oxygen atoms in total. The van der Waals surface area contributed by atoms with Gasteiger partial charge in [0.05, 0.1) is 37.3 Å². The first-order valence-electron chi connectivity index (χ1n) is 11.0. The minimum atomic E-state index is -0.413. The van der Waals surface area contributed by atoms with Crippen molar-refractivity contribution < 1.29 is 23.9 Å². The molecule has 0 bridgehead atoms. The Morgan fingerprint density at radius 3 is 2.43 bits per heavy atom. The highest BCUT2D eigenvalue weighted by atomic mass is 16.5.